The molecule has 0 amide bonds. The number of nitro groups is 1. The zero-order valence-corrected chi connectivity index (χ0v) is 14.9. The highest BCUT2D eigenvalue weighted by Gasteiger charge is 2.29. The summed E-state index contributed by atoms with van der Waals surface area (Å²) >= 11 is 0. The lowest BCUT2D eigenvalue weighted by atomic mass is 10.2. The van der Waals surface area contributed by atoms with E-state index >= 15 is 0 Å². The summed E-state index contributed by atoms with van der Waals surface area (Å²) in [7, 11) is -3.68. The summed E-state index contributed by atoms with van der Waals surface area (Å²) in [6.45, 7) is 3.09. The van der Waals surface area contributed by atoms with Gasteiger partial charge in [0.25, 0.3) is 5.69 Å². The summed E-state index contributed by atoms with van der Waals surface area (Å²) in [6, 6.07) is 9.83. The average Bonchev–Trinajstić information content (AvgIpc) is 2.61. The monoisotopic (exact) mass is 379 g/mol. The lowest BCUT2D eigenvalue weighted by Crippen LogP contribution is -2.48. The zero-order valence-electron chi connectivity index (χ0n) is 14.1. The van der Waals surface area contributed by atoms with Crippen molar-refractivity contribution in [1.82, 2.24) is 4.31 Å². The molecular formula is C17H18FN3O4S. The normalized spacial score (nSPS) is 15.8. The summed E-state index contributed by atoms with van der Waals surface area (Å²) in [5.74, 6) is -0.468. The van der Waals surface area contributed by atoms with Crippen LogP contribution in [0.25, 0.3) is 0 Å². The summed E-state index contributed by atoms with van der Waals surface area (Å²) in [5.41, 5.74) is 1.20. The van der Waals surface area contributed by atoms with Gasteiger partial charge in [-0.05, 0) is 42.8 Å². The first-order chi connectivity index (χ1) is 12.3. The molecule has 0 unspecified atom stereocenters. The standard InChI is InChI=1S/C17H18FN3O4S/c1-13-12-14(18)2-7-17(13)26(24,25)20-10-8-19(9-11-20)15-3-5-16(6-4-15)21(22)23/h2-7,12H,8-11H2,1H3. The Balaban J connectivity index is 1.72. The van der Waals surface area contributed by atoms with Crippen LogP contribution in [0.1, 0.15) is 5.56 Å². The van der Waals surface area contributed by atoms with Crippen molar-refractivity contribution >= 4 is 21.4 Å². The van der Waals surface area contributed by atoms with Crippen LogP contribution in [0.15, 0.2) is 47.4 Å². The minimum Gasteiger partial charge on any atom is -0.369 e. The second-order valence-electron chi connectivity index (χ2n) is 6.07. The van der Waals surface area contributed by atoms with Crippen LogP contribution in [-0.2, 0) is 10.0 Å². The first kappa shape index (κ1) is 18.3. The SMILES string of the molecule is Cc1cc(F)ccc1S(=O)(=O)N1CCN(c2ccc([N+](=O)[O-])cc2)CC1. The molecule has 0 aromatic heterocycles. The van der Waals surface area contributed by atoms with Crippen LogP contribution in [0, 0.1) is 22.9 Å². The smallest absolute Gasteiger partial charge is 0.269 e. The predicted molar refractivity (Wildman–Crippen MR) is 95.2 cm³/mol. The molecule has 1 saturated heterocycles. The number of hydrogen-bond acceptors (Lipinski definition) is 5. The van der Waals surface area contributed by atoms with E-state index in [1.807, 2.05) is 4.90 Å². The Labute approximate surface area is 150 Å². The summed E-state index contributed by atoms with van der Waals surface area (Å²) in [4.78, 5) is 12.4. The number of halogens is 1. The zero-order chi connectivity index (χ0) is 18.9. The molecule has 138 valence electrons. The third-order valence-electron chi connectivity index (χ3n) is 4.42. The van der Waals surface area contributed by atoms with Gasteiger partial charge in [-0.1, -0.05) is 0 Å². The Kier molecular flexibility index (Phi) is 4.92. The van der Waals surface area contributed by atoms with Crippen molar-refractivity contribution in [3.63, 3.8) is 0 Å². The molecule has 0 N–H and O–H groups in total. The van der Waals surface area contributed by atoms with Gasteiger partial charge in [-0.15, -0.1) is 0 Å². The highest BCUT2D eigenvalue weighted by molar-refractivity contribution is 7.89. The number of sulfonamides is 1. The van der Waals surface area contributed by atoms with Crippen molar-refractivity contribution < 1.29 is 17.7 Å². The van der Waals surface area contributed by atoms with Crippen LogP contribution in [0.4, 0.5) is 15.8 Å². The van der Waals surface area contributed by atoms with Gasteiger partial charge in [-0.3, -0.25) is 10.1 Å². The van der Waals surface area contributed by atoms with Crippen molar-refractivity contribution in [3.8, 4) is 0 Å². The number of nitro benzene ring substituents is 1. The van der Waals surface area contributed by atoms with E-state index in [2.05, 4.69) is 0 Å². The van der Waals surface area contributed by atoms with E-state index < -0.39 is 20.8 Å². The Morgan fingerprint density at radius 3 is 2.19 bits per heavy atom. The molecule has 1 aliphatic heterocycles. The van der Waals surface area contributed by atoms with Crippen molar-refractivity contribution in [2.45, 2.75) is 11.8 Å². The van der Waals surface area contributed by atoms with Gasteiger partial charge in [-0.25, -0.2) is 12.8 Å². The first-order valence-electron chi connectivity index (χ1n) is 8.05. The van der Waals surface area contributed by atoms with Gasteiger partial charge in [0.15, 0.2) is 0 Å². The van der Waals surface area contributed by atoms with Gasteiger partial charge in [0.2, 0.25) is 10.0 Å². The van der Waals surface area contributed by atoms with Gasteiger partial charge >= 0.3 is 0 Å². The third-order valence-corrected chi connectivity index (χ3v) is 6.48. The van der Waals surface area contributed by atoms with Crippen molar-refractivity contribution in [2.24, 2.45) is 0 Å². The predicted octanol–water partition coefficient (Wildman–Crippen LogP) is 2.55. The van der Waals surface area contributed by atoms with Crippen LogP contribution >= 0.6 is 0 Å². The van der Waals surface area contributed by atoms with Gasteiger partial charge < -0.3 is 4.90 Å². The number of rotatable bonds is 4. The fraction of sp³-hybridized carbons (Fsp3) is 0.294. The first-order valence-corrected chi connectivity index (χ1v) is 9.49. The van der Waals surface area contributed by atoms with E-state index in [0.29, 0.717) is 18.7 Å². The number of piperazine rings is 1. The second kappa shape index (κ2) is 7.00. The van der Waals surface area contributed by atoms with E-state index in [0.717, 1.165) is 11.8 Å². The molecule has 2 aromatic rings. The molecule has 1 fully saturated rings. The van der Waals surface area contributed by atoms with Crippen LogP contribution in [0.5, 0.6) is 0 Å². The highest BCUT2D eigenvalue weighted by Crippen LogP contribution is 2.25. The van der Waals surface area contributed by atoms with Crippen LogP contribution in [0.3, 0.4) is 0 Å². The van der Waals surface area contributed by atoms with E-state index in [1.54, 1.807) is 19.1 Å². The maximum Gasteiger partial charge on any atom is 0.269 e. The molecule has 0 bridgehead atoms. The number of hydrogen-bond donors (Lipinski definition) is 0. The molecule has 0 spiro atoms. The summed E-state index contributed by atoms with van der Waals surface area (Å²) < 4.78 is 40.2. The quantitative estimate of drug-likeness (QED) is 0.602. The molecule has 1 heterocycles. The fourth-order valence-electron chi connectivity index (χ4n) is 3.01. The van der Waals surface area contributed by atoms with Crippen molar-refractivity contribution in [2.75, 3.05) is 31.1 Å². The van der Waals surface area contributed by atoms with E-state index in [-0.39, 0.29) is 23.7 Å². The maximum absolute atomic E-state index is 13.2. The number of non-ortho nitro benzene ring substituents is 1. The van der Waals surface area contributed by atoms with Crippen molar-refractivity contribution in [3.05, 3.63) is 64.0 Å². The van der Waals surface area contributed by atoms with Crippen LogP contribution in [0.2, 0.25) is 0 Å². The van der Waals surface area contributed by atoms with Gasteiger partial charge in [0.1, 0.15) is 5.82 Å². The molecule has 1 aliphatic rings. The molecule has 3 rings (SSSR count). The minimum absolute atomic E-state index is 0.0155. The van der Waals surface area contributed by atoms with E-state index in [9.17, 15) is 22.9 Å². The number of benzene rings is 2. The van der Waals surface area contributed by atoms with Gasteiger partial charge in [0, 0.05) is 44.0 Å². The molecular weight excluding hydrogens is 361 g/mol. The van der Waals surface area contributed by atoms with Crippen LogP contribution in [-0.4, -0.2) is 43.8 Å². The highest BCUT2D eigenvalue weighted by atomic mass is 32.2. The Hall–Kier alpha value is -2.52. The summed E-state index contributed by atoms with van der Waals surface area (Å²) in [6.07, 6.45) is 0. The lowest BCUT2D eigenvalue weighted by molar-refractivity contribution is -0.384. The number of nitrogens with zero attached hydrogens (tertiary/aromatic N) is 3. The topological polar surface area (TPSA) is 83.8 Å². The third kappa shape index (κ3) is 3.54. The maximum atomic E-state index is 13.2. The molecule has 26 heavy (non-hydrogen) atoms. The summed E-state index contributed by atoms with van der Waals surface area (Å²) in [5, 5.41) is 10.7. The van der Waals surface area contributed by atoms with E-state index in [4.69, 9.17) is 0 Å². The van der Waals surface area contributed by atoms with Crippen molar-refractivity contribution in [1.29, 1.82) is 0 Å². The molecule has 0 saturated carbocycles. The molecule has 0 atom stereocenters. The molecule has 2 aromatic carbocycles. The second-order valence-corrected chi connectivity index (χ2v) is 7.98. The number of anilines is 1. The molecule has 9 heteroatoms. The average molecular weight is 379 g/mol. The molecule has 0 radical (unpaired) electrons. The largest absolute Gasteiger partial charge is 0.369 e. The minimum atomic E-state index is -3.68. The molecule has 0 aliphatic carbocycles. The van der Waals surface area contributed by atoms with E-state index in [1.165, 1.54) is 28.6 Å². The molecule has 7 nitrogen and oxygen atoms in total. The Morgan fingerprint density at radius 2 is 1.65 bits per heavy atom. The number of aryl methyl sites for hydroxylation is 1. The van der Waals surface area contributed by atoms with Crippen LogP contribution < -0.4 is 4.90 Å². The fourth-order valence-corrected chi connectivity index (χ4v) is 4.64. The Morgan fingerprint density at radius 1 is 1.04 bits per heavy atom. The van der Waals surface area contributed by atoms with Gasteiger partial charge in [-0.2, -0.15) is 4.31 Å². The lowest BCUT2D eigenvalue weighted by Gasteiger charge is -2.35. The van der Waals surface area contributed by atoms with Gasteiger partial charge in [0.05, 0.1) is 9.82 Å². The Bertz CT molecular complexity index is 924.